The lowest BCUT2D eigenvalue weighted by atomic mass is 10.1. The van der Waals surface area contributed by atoms with Crippen LogP contribution in [0.2, 0.25) is 10.0 Å². The summed E-state index contributed by atoms with van der Waals surface area (Å²) < 4.78 is 0. The zero-order valence-corrected chi connectivity index (χ0v) is 34.6. The summed E-state index contributed by atoms with van der Waals surface area (Å²) in [6.45, 7) is 8.43. The minimum Gasteiger partial charge on any atom is -0.412 e. The van der Waals surface area contributed by atoms with E-state index in [-0.39, 0.29) is 30.3 Å². The van der Waals surface area contributed by atoms with Gasteiger partial charge in [0.1, 0.15) is 23.7 Å². The first-order valence-electron chi connectivity index (χ1n) is 18.5. The van der Waals surface area contributed by atoms with E-state index in [1.54, 1.807) is 12.7 Å². The van der Waals surface area contributed by atoms with Crippen molar-refractivity contribution < 1.29 is 5.48 Å². The Morgan fingerprint density at radius 2 is 0.947 bits per heavy atom. The summed E-state index contributed by atoms with van der Waals surface area (Å²) in [5.74, 6) is 0. The van der Waals surface area contributed by atoms with Crippen LogP contribution in [0.25, 0.3) is 43.9 Å². The van der Waals surface area contributed by atoms with E-state index in [2.05, 4.69) is 101 Å². The highest BCUT2D eigenvalue weighted by molar-refractivity contribution is 6.34. The Labute approximate surface area is 352 Å². The van der Waals surface area contributed by atoms with Crippen LogP contribution in [-0.2, 0) is 0 Å². The average Bonchev–Trinajstić information content (AvgIpc) is 4.00. The molecule has 57 heavy (non-hydrogen) atoms. The van der Waals surface area contributed by atoms with Gasteiger partial charge in [-0.2, -0.15) is 0 Å². The lowest BCUT2D eigenvalue weighted by Gasteiger charge is -2.20. The highest BCUT2D eigenvalue weighted by atomic mass is 35.5. The number of hydrogen-bond donors (Lipinski definition) is 4. The number of aromatic amines is 2. The normalized spacial score (nSPS) is 13.6. The number of imidazole rings is 2. The fourth-order valence-electron chi connectivity index (χ4n) is 7.86. The molecule has 2 fully saturated rings. The van der Waals surface area contributed by atoms with Gasteiger partial charge in [0, 0.05) is 70.7 Å². The lowest BCUT2D eigenvalue weighted by Crippen LogP contribution is -2.17. The summed E-state index contributed by atoms with van der Waals surface area (Å²) in [7, 11) is 0. The van der Waals surface area contributed by atoms with Crippen LogP contribution >= 0.6 is 48.0 Å². The van der Waals surface area contributed by atoms with Gasteiger partial charge in [-0.3, -0.25) is 0 Å². The molecule has 0 unspecified atom stereocenters. The standard InChI is InChI=1S/2C21H20ClN5.2ClH.H2O/c2*1-13-10-18(20-16(25-13)5-6-17-21(20)24-12-23-17)26-14-4-7-19(15(22)11-14)27-8-2-3-9-27;;;/h2*4-7,10-12,25-26H,2-3,8-9H2,1H3;2*1H;1H2. The number of benzene rings is 4. The SMILES string of the molecule is Cc1cc(Nc2ccc(N3CCCC3)c(Cl)c2)c2c(ccc3ncnc32)[nH]1.Cc1cc(Nc2ccc(N3CCCC3)c(Cl)c2)c2c(ccc3ncnc32)[nH]1.Cl.Cl.O. The summed E-state index contributed by atoms with van der Waals surface area (Å²) >= 11 is 13.2. The number of halogens is 4. The van der Waals surface area contributed by atoms with Crippen LogP contribution < -0.4 is 20.4 Å². The monoisotopic (exact) mass is 844 g/mol. The third kappa shape index (κ3) is 8.35. The van der Waals surface area contributed by atoms with Crippen molar-refractivity contribution in [1.82, 2.24) is 29.9 Å². The number of H-pyrrole nitrogens is 2. The maximum absolute atomic E-state index is 6.59. The van der Waals surface area contributed by atoms with Gasteiger partial charge in [0.2, 0.25) is 0 Å². The molecule has 6 heterocycles. The molecule has 11 nitrogen and oxygen atoms in total. The van der Waals surface area contributed by atoms with E-state index in [0.29, 0.717) is 0 Å². The van der Waals surface area contributed by atoms with Gasteiger partial charge in [0.05, 0.1) is 43.8 Å². The molecule has 0 saturated carbocycles. The Hall–Kier alpha value is -5.04. The van der Waals surface area contributed by atoms with Crippen molar-refractivity contribution in [2.45, 2.75) is 39.5 Å². The fourth-order valence-corrected chi connectivity index (χ4v) is 8.46. The zero-order chi connectivity index (χ0) is 36.8. The van der Waals surface area contributed by atoms with Gasteiger partial charge in [-0.1, -0.05) is 23.2 Å². The summed E-state index contributed by atoms with van der Waals surface area (Å²) in [5.41, 5.74) is 13.9. The highest BCUT2D eigenvalue weighted by Crippen LogP contribution is 2.37. The highest BCUT2D eigenvalue weighted by Gasteiger charge is 2.18. The molecule has 0 aliphatic carbocycles. The molecule has 8 aromatic rings. The van der Waals surface area contributed by atoms with E-state index < -0.39 is 0 Å². The van der Waals surface area contributed by atoms with Gasteiger partial charge >= 0.3 is 0 Å². The molecule has 0 radical (unpaired) electrons. The molecule has 0 spiro atoms. The summed E-state index contributed by atoms with van der Waals surface area (Å²) in [5, 5.41) is 10.7. The van der Waals surface area contributed by atoms with Crippen LogP contribution in [-0.4, -0.2) is 61.6 Å². The number of hydrogen-bond acceptors (Lipinski definition) is 8. The number of fused-ring (bicyclic) bond motifs is 6. The number of pyridine rings is 2. The lowest BCUT2D eigenvalue weighted by molar-refractivity contribution is 0.824. The van der Waals surface area contributed by atoms with E-state index >= 15 is 0 Å². The first-order chi connectivity index (χ1) is 26.4. The van der Waals surface area contributed by atoms with Gasteiger partial charge in [0.15, 0.2) is 0 Å². The van der Waals surface area contributed by atoms with Gasteiger partial charge in [-0.15, -0.1) is 24.8 Å². The van der Waals surface area contributed by atoms with Crippen molar-refractivity contribution in [3.63, 3.8) is 0 Å². The first-order valence-corrected chi connectivity index (χ1v) is 19.2. The third-order valence-corrected chi connectivity index (χ3v) is 11.0. The second-order valence-electron chi connectivity index (χ2n) is 14.2. The largest absolute Gasteiger partial charge is 0.412 e. The Bertz CT molecular complexity index is 2490. The first kappa shape index (κ1) is 41.6. The zero-order valence-electron chi connectivity index (χ0n) is 31.5. The molecule has 2 saturated heterocycles. The molecule has 296 valence electrons. The van der Waals surface area contributed by atoms with E-state index in [1.807, 2.05) is 36.4 Å². The van der Waals surface area contributed by atoms with Gasteiger partial charge < -0.3 is 35.9 Å². The van der Waals surface area contributed by atoms with E-state index in [4.69, 9.17) is 23.2 Å². The predicted molar refractivity (Wildman–Crippen MR) is 243 cm³/mol. The Morgan fingerprint density at radius 3 is 1.33 bits per heavy atom. The number of nitrogens with zero attached hydrogens (tertiary/aromatic N) is 6. The van der Waals surface area contributed by atoms with Crippen LogP contribution in [0, 0.1) is 13.8 Å². The molecule has 0 amide bonds. The predicted octanol–water partition coefficient (Wildman–Crippen LogP) is 10.9. The molecular formula is C42H44Cl4N10O. The molecule has 10 rings (SSSR count). The van der Waals surface area contributed by atoms with Gasteiger partial charge in [-0.25, -0.2) is 19.9 Å². The van der Waals surface area contributed by atoms with Crippen LogP contribution in [0.3, 0.4) is 0 Å². The van der Waals surface area contributed by atoms with Crippen LogP contribution in [0.1, 0.15) is 37.1 Å². The maximum atomic E-state index is 6.59. The van der Waals surface area contributed by atoms with Crippen molar-refractivity contribution in [1.29, 1.82) is 0 Å². The van der Waals surface area contributed by atoms with Gasteiger partial charge in [-0.05, 0) is 112 Å². The number of aromatic nitrogens is 6. The number of anilines is 6. The molecule has 2 aliphatic heterocycles. The summed E-state index contributed by atoms with van der Waals surface area (Å²) in [6, 6.07) is 24.7. The quantitative estimate of drug-likeness (QED) is 0.129. The Kier molecular flexibility index (Phi) is 12.9. The molecule has 0 bridgehead atoms. The van der Waals surface area contributed by atoms with Gasteiger partial charge in [0.25, 0.3) is 0 Å². The van der Waals surface area contributed by atoms with Crippen molar-refractivity contribution in [2.75, 3.05) is 46.6 Å². The third-order valence-electron chi connectivity index (χ3n) is 10.4. The Morgan fingerprint density at radius 1 is 0.544 bits per heavy atom. The summed E-state index contributed by atoms with van der Waals surface area (Å²) in [6.07, 6.45) is 8.15. The topological polar surface area (TPSA) is 145 Å². The van der Waals surface area contributed by atoms with E-state index in [9.17, 15) is 0 Å². The van der Waals surface area contributed by atoms with Crippen molar-refractivity contribution in [2.24, 2.45) is 0 Å². The molecule has 6 N–H and O–H groups in total. The smallest absolute Gasteiger partial charge is 0.116 e. The number of nitrogens with one attached hydrogen (secondary N) is 4. The van der Waals surface area contributed by atoms with E-state index in [1.165, 1.54) is 25.7 Å². The second-order valence-corrected chi connectivity index (χ2v) is 15.0. The van der Waals surface area contributed by atoms with Crippen LogP contribution in [0.4, 0.5) is 34.1 Å². The molecular weight excluding hydrogens is 802 g/mol. The van der Waals surface area contributed by atoms with Crippen molar-refractivity contribution in [3.8, 4) is 0 Å². The minimum atomic E-state index is 0. The minimum absolute atomic E-state index is 0. The molecule has 2 aliphatic rings. The molecule has 0 atom stereocenters. The molecule has 4 aromatic carbocycles. The van der Waals surface area contributed by atoms with Crippen LogP contribution in [0.5, 0.6) is 0 Å². The average molecular weight is 847 g/mol. The molecule has 4 aromatic heterocycles. The fraction of sp³-hybridized carbons (Fsp3) is 0.238. The van der Waals surface area contributed by atoms with Crippen molar-refractivity contribution >= 4 is 126 Å². The van der Waals surface area contributed by atoms with E-state index in [0.717, 1.165) is 126 Å². The number of aryl methyl sites for hydroxylation is 2. The second kappa shape index (κ2) is 17.6. The Balaban J connectivity index is 0.000000183. The van der Waals surface area contributed by atoms with Crippen LogP contribution in [0.15, 0.2) is 85.5 Å². The van der Waals surface area contributed by atoms with Crippen molar-refractivity contribution in [3.05, 3.63) is 107 Å². The summed E-state index contributed by atoms with van der Waals surface area (Å²) in [4.78, 5) is 29.1. The maximum Gasteiger partial charge on any atom is 0.116 e. The molecule has 15 heteroatoms. The number of rotatable bonds is 6.